The highest BCUT2D eigenvalue weighted by Gasteiger charge is 2.30. The van der Waals surface area contributed by atoms with Gasteiger partial charge >= 0.3 is 0 Å². The zero-order chi connectivity index (χ0) is 18.0. The van der Waals surface area contributed by atoms with Gasteiger partial charge in [0.25, 0.3) is 10.0 Å². The molecule has 132 valence electrons. The molecule has 1 aliphatic heterocycles. The van der Waals surface area contributed by atoms with Crippen LogP contribution in [0.2, 0.25) is 0 Å². The van der Waals surface area contributed by atoms with Crippen LogP contribution in [0.15, 0.2) is 53.4 Å². The Bertz CT molecular complexity index is 902. The quantitative estimate of drug-likeness (QED) is 0.819. The van der Waals surface area contributed by atoms with Gasteiger partial charge in [-0.2, -0.15) is 0 Å². The van der Waals surface area contributed by atoms with E-state index in [1.54, 1.807) is 55.7 Å². The van der Waals surface area contributed by atoms with Crippen molar-refractivity contribution in [3.8, 4) is 5.75 Å². The van der Waals surface area contributed by atoms with Gasteiger partial charge in [-0.15, -0.1) is 0 Å². The maximum absolute atomic E-state index is 13.1. The smallest absolute Gasteiger partial charge is 0.264 e. The Kier molecular flexibility index (Phi) is 4.72. The Morgan fingerprint density at radius 2 is 1.84 bits per heavy atom. The van der Waals surface area contributed by atoms with Crippen LogP contribution in [0, 0.1) is 6.92 Å². The lowest BCUT2D eigenvalue weighted by atomic mass is 10.1. The van der Waals surface area contributed by atoms with Crippen LogP contribution in [0.1, 0.15) is 18.1 Å². The minimum atomic E-state index is -3.66. The monoisotopic (exact) mass is 359 g/mol. The van der Waals surface area contributed by atoms with E-state index in [1.165, 1.54) is 4.31 Å². The zero-order valence-electron chi connectivity index (χ0n) is 14.5. The van der Waals surface area contributed by atoms with Gasteiger partial charge in [0.15, 0.2) is 0 Å². The molecule has 1 aliphatic rings. The second-order valence-corrected chi connectivity index (χ2v) is 7.60. The zero-order valence-corrected chi connectivity index (χ0v) is 15.3. The molecule has 0 radical (unpaired) electrons. The lowest BCUT2D eigenvalue weighted by Gasteiger charge is -2.30. The first-order valence-corrected chi connectivity index (χ1v) is 9.52. The van der Waals surface area contributed by atoms with Gasteiger partial charge in [0.2, 0.25) is 0 Å². The first-order valence-electron chi connectivity index (χ1n) is 8.08. The topological polar surface area (TPSA) is 55.8 Å². The van der Waals surface area contributed by atoms with E-state index in [2.05, 4.69) is 0 Å². The number of benzene rings is 2. The van der Waals surface area contributed by atoms with Crippen molar-refractivity contribution in [1.29, 1.82) is 0 Å². The van der Waals surface area contributed by atoms with Gasteiger partial charge in [-0.1, -0.05) is 17.7 Å². The van der Waals surface area contributed by atoms with Crippen molar-refractivity contribution < 1.29 is 17.9 Å². The fourth-order valence-electron chi connectivity index (χ4n) is 2.79. The minimum Gasteiger partial charge on any atom is -0.497 e. The molecular weight excluding hydrogens is 338 g/mol. The number of nitrogens with zero attached hydrogens (tertiary/aromatic N) is 1. The van der Waals surface area contributed by atoms with E-state index < -0.39 is 10.0 Å². The number of fused-ring (bicyclic) bond motifs is 1. The summed E-state index contributed by atoms with van der Waals surface area (Å²) in [5.74, 6) is 1.32. The molecule has 0 saturated carbocycles. The Labute approximate surface area is 148 Å². The number of aryl methyl sites for hydroxylation is 1. The van der Waals surface area contributed by atoms with Gasteiger partial charge in [-0.25, -0.2) is 8.42 Å². The van der Waals surface area contributed by atoms with E-state index >= 15 is 0 Å². The molecular formula is C19H21NO4S. The van der Waals surface area contributed by atoms with Gasteiger partial charge in [0.05, 0.1) is 30.8 Å². The third-order valence-electron chi connectivity index (χ3n) is 4.09. The van der Waals surface area contributed by atoms with E-state index in [0.717, 1.165) is 5.56 Å². The van der Waals surface area contributed by atoms with E-state index in [9.17, 15) is 8.42 Å². The van der Waals surface area contributed by atoms with Crippen LogP contribution >= 0.6 is 0 Å². The van der Waals surface area contributed by atoms with Crippen molar-refractivity contribution in [3.05, 3.63) is 59.7 Å². The SMILES string of the molecule is CCOC1=CCN(S(=O)(=O)c2ccc(C)cc2)c2ccc(OC)cc21. The Morgan fingerprint density at radius 1 is 1.12 bits per heavy atom. The van der Waals surface area contributed by atoms with Gasteiger partial charge in [-0.3, -0.25) is 4.31 Å². The number of methoxy groups -OCH3 is 1. The van der Waals surface area contributed by atoms with Crippen LogP contribution in [0.4, 0.5) is 5.69 Å². The summed E-state index contributed by atoms with van der Waals surface area (Å²) in [5.41, 5.74) is 2.32. The largest absolute Gasteiger partial charge is 0.497 e. The molecule has 0 bridgehead atoms. The summed E-state index contributed by atoms with van der Waals surface area (Å²) in [4.78, 5) is 0.271. The van der Waals surface area contributed by atoms with Crippen molar-refractivity contribution >= 4 is 21.5 Å². The van der Waals surface area contributed by atoms with E-state index in [-0.39, 0.29) is 11.4 Å². The summed E-state index contributed by atoms with van der Waals surface area (Å²) in [5, 5.41) is 0. The predicted octanol–water partition coefficient (Wildman–Crippen LogP) is 3.59. The lowest BCUT2D eigenvalue weighted by Crippen LogP contribution is -2.34. The second-order valence-electron chi connectivity index (χ2n) is 5.73. The molecule has 0 aliphatic carbocycles. The highest BCUT2D eigenvalue weighted by Crippen LogP contribution is 2.37. The Morgan fingerprint density at radius 3 is 2.48 bits per heavy atom. The molecule has 0 unspecified atom stereocenters. The Balaban J connectivity index is 2.09. The van der Waals surface area contributed by atoms with Crippen molar-refractivity contribution in [2.45, 2.75) is 18.7 Å². The fourth-order valence-corrected chi connectivity index (χ4v) is 4.21. The van der Waals surface area contributed by atoms with E-state index in [4.69, 9.17) is 9.47 Å². The highest BCUT2D eigenvalue weighted by atomic mass is 32.2. The van der Waals surface area contributed by atoms with Crippen molar-refractivity contribution in [2.24, 2.45) is 0 Å². The summed E-state index contributed by atoms with van der Waals surface area (Å²) in [6.07, 6.45) is 1.79. The van der Waals surface area contributed by atoms with Gasteiger partial charge in [0, 0.05) is 5.56 Å². The molecule has 0 aromatic heterocycles. The minimum absolute atomic E-state index is 0.227. The second kappa shape index (κ2) is 6.80. The summed E-state index contributed by atoms with van der Waals surface area (Å²) in [7, 11) is -2.08. The molecule has 0 N–H and O–H groups in total. The summed E-state index contributed by atoms with van der Waals surface area (Å²) < 4.78 is 38.6. The number of rotatable bonds is 5. The first-order chi connectivity index (χ1) is 12.0. The normalized spacial score (nSPS) is 13.9. The molecule has 25 heavy (non-hydrogen) atoms. The highest BCUT2D eigenvalue weighted by molar-refractivity contribution is 7.92. The van der Waals surface area contributed by atoms with Crippen LogP contribution in [-0.2, 0) is 14.8 Å². The Hall–Kier alpha value is -2.47. The molecule has 3 rings (SSSR count). The van der Waals surface area contributed by atoms with E-state index in [1.807, 2.05) is 13.8 Å². The summed E-state index contributed by atoms with van der Waals surface area (Å²) >= 11 is 0. The van der Waals surface area contributed by atoms with Gasteiger partial charge in [-0.05, 0) is 50.3 Å². The van der Waals surface area contributed by atoms with Crippen LogP contribution in [0.5, 0.6) is 5.75 Å². The summed E-state index contributed by atoms with van der Waals surface area (Å²) in [6, 6.07) is 12.2. The van der Waals surface area contributed by atoms with Crippen molar-refractivity contribution in [2.75, 3.05) is 24.6 Å². The fraction of sp³-hybridized carbons (Fsp3) is 0.263. The van der Waals surface area contributed by atoms with Gasteiger partial charge in [0.1, 0.15) is 11.5 Å². The van der Waals surface area contributed by atoms with Crippen LogP contribution in [-0.4, -0.2) is 28.7 Å². The molecule has 0 fully saturated rings. The predicted molar refractivity (Wildman–Crippen MR) is 98.3 cm³/mol. The number of ether oxygens (including phenoxy) is 2. The summed E-state index contributed by atoms with van der Waals surface area (Å²) in [6.45, 7) is 4.56. The molecule has 0 spiro atoms. The van der Waals surface area contributed by atoms with Crippen molar-refractivity contribution in [3.63, 3.8) is 0 Å². The van der Waals surface area contributed by atoms with Crippen LogP contribution < -0.4 is 9.04 Å². The standard InChI is InChI=1S/C19H21NO4S/c1-4-24-19-11-12-20(18-10-7-15(23-3)13-17(18)19)25(21,22)16-8-5-14(2)6-9-16/h5-11,13H,4,12H2,1-3H3. The number of anilines is 1. The molecule has 6 heteroatoms. The first kappa shape index (κ1) is 17.4. The van der Waals surface area contributed by atoms with E-state index in [0.29, 0.717) is 29.4 Å². The van der Waals surface area contributed by atoms with Crippen LogP contribution in [0.25, 0.3) is 5.76 Å². The van der Waals surface area contributed by atoms with Gasteiger partial charge < -0.3 is 9.47 Å². The number of sulfonamides is 1. The molecule has 2 aromatic carbocycles. The molecule has 0 saturated heterocycles. The van der Waals surface area contributed by atoms with Crippen LogP contribution in [0.3, 0.4) is 0 Å². The lowest BCUT2D eigenvalue weighted by molar-refractivity contribution is 0.296. The third kappa shape index (κ3) is 3.22. The maximum atomic E-state index is 13.1. The number of hydrogen-bond donors (Lipinski definition) is 0. The average molecular weight is 359 g/mol. The average Bonchev–Trinajstić information content (AvgIpc) is 2.62. The molecule has 1 heterocycles. The maximum Gasteiger partial charge on any atom is 0.264 e. The molecule has 0 atom stereocenters. The number of hydrogen-bond acceptors (Lipinski definition) is 4. The molecule has 2 aromatic rings. The molecule has 0 amide bonds. The molecule has 5 nitrogen and oxygen atoms in total. The third-order valence-corrected chi connectivity index (χ3v) is 5.88. The van der Waals surface area contributed by atoms with Crippen molar-refractivity contribution in [1.82, 2.24) is 0 Å².